The lowest BCUT2D eigenvalue weighted by Crippen LogP contribution is -2.39. The summed E-state index contributed by atoms with van der Waals surface area (Å²) >= 11 is 0. The van der Waals surface area contributed by atoms with Gasteiger partial charge in [-0.15, -0.1) is 0 Å². The van der Waals surface area contributed by atoms with Crippen molar-refractivity contribution in [2.75, 3.05) is 0 Å². The van der Waals surface area contributed by atoms with Crippen molar-refractivity contribution >= 4 is 5.97 Å². The van der Waals surface area contributed by atoms with E-state index in [0.717, 1.165) is 19.3 Å². The summed E-state index contributed by atoms with van der Waals surface area (Å²) in [4.78, 5) is 10.9. The Hall–Kier alpha value is -0.570. The largest absolute Gasteiger partial charge is 0.479 e. The molecule has 0 aromatic heterocycles. The molecule has 2 rings (SSSR count). The molecule has 86 valence electrons. The van der Waals surface area contributed by atoms with E-state index in [1.807, 2.05) is 0 Å². The molecule has 1 spiro atoms. The van der Waals surface area contributed by atoms with Crippen molar-refractivity contribution in [3.05, 3.63) is 0 Å². The van der Waals surface area contributed by atoms with Crippen LogP contribution >= 0.6 is 0 Å². The van der Waals surface area contributed by atoms with E-state index >= 15 is 0 Å². The molecule has 0 aromatic rings. The molecule has 0 amide bonds. The Labute approximate surface area is 90.8 Å². The van der Waals surface area contributed by atoms with E-state index in [1.165, 1.54) is 6.42 Å². The van der Waals surface area contributed by atoms with E-state index in [-0.39, 0.29) is 5.60 Å². The van der Waals surface area contributed by atoms with Gasteiger partial charge in [-0.05, 0) is 43.9 Å². The minimum absolute atomic E-state index is 0.111. The van der Waals surface area contributed by atoms with Crippen LogP contribution in [0.3, 0.4) is 0 Å². The number of aliphatic carboxylic acids is 1. The quantitative estimate of drug-likeness (QED) is 0.726. The minimum atomic E-state index is -0.794. The Kier molecular flexibility index (Phi) is 2.75. The van der Waals surface area contributed by atoms with E-state index in [9.17, 15) is 4.79 Å². The van der Waals surface area contributed by atoms with Gasteiger partial charge in [0.1, 0.15) is 0 Å². The second kappa shape index (κ2) is 3.78. The fourth-order valence-corrected chi connectivity index (χ4v) is 3.50. The zero-order chi connectivity index (χ0) is 11.1. The van der Waals surface area contributed by atoms with Crippen molar-refractivity contribution in [3.63, 3.8) is 0 Å². The van der Waals surface area contributed by atoms with Gasteiger partial charge in [0.25, 0.3) is 0 Å². The summed E-state index contributed by atoms with van der Waals surface area (Å²) in [5.74, 6) is 0.542. The van der Waals surface area contributed by atoms with Gasteiger partial charge in [-0.3, -0.25) is 0 Å². The van der Waals surface area contributed by atoms with Crippen molar-refractivity contribution in [2.45, 2.75) is 57.7 Å². The highest BCUT2D eigenvalue weighted by molar-refractivity contribution is 5.72. The molecule has 1 N–H and O–H groups in total. The SMILES string of the molecule is CC1CC(C)CC2(CCC(C(=O)O)O2)C1. The van der Waals surface area contributed by atoms with Crippen LogP contribution in [0.4, 0.5) is 0 Å². The number of carbonyl (C=O) groups is 1. The summed E-state index contributed by atoms with van der Waals surface area (Å²) in [6, 6.07) is 0. The molecule has 0 radical (unpaired) electrons. The van der Waals surface area contributed by atoms with Crippen molar-refractivity contribution in [1.29, 1.82) is 0 Å². The van der Waals surface area contributed by atoms with E-state index in [2.05, 4.69) is 13.8 Å². The van der Waals surface area contributed by atoms with Gasteiger partial charge in [-0.1, -0.05) is 13.8 Å². The third kappa shape index (κ3) is 2.17. The predicted octanol–water partition coefficient (Wildman–Crippen LogP) is 2.44. The number of carboxylic acids is 1. The summed E-state index contributed by atoms with van der Waals surface area (Å²) < 4.78 is 5.79. The Bertz CT molecular complexity index is 252. The lowest BCUT2D eigenvalue weighted by atomic mass is 9.72. The molecule has 2 aliphatic rings. The van der Waals surface area contributed by atoms with Crippen LogP contribution in [0.2, 0.25) is 0 Å². The maximum atomic E-state index is 10.9. The summed E-state index contributed by atoms with van der Waals surface area (Å²) in [5.41, 5.74) is -0.111. The maximum absolute atomic E-state index is 10.9. The maximum Gasteiger partial charge on any atom is 0.332 e. The summed E-state index contributed by atoms with van der Waals surface area (Å²) in [5, 5.41) is 8.93. The number of hydrogen-bond acceptors (Lipinski definition) is 2. The van der Waals surface area contributed by atoms with Crippen LogP contribution in [0.1, 0.15) is 46.0 Å². The van der Waals surface area contributed by atoms with Gasteiger partial charge < -0.3 is 9.84 Å². The molecule has 2 fully saturated rings. The highest BCUT2D eigenvalue weighted by Gasteiger charge is 2.46. The van der Waals surface area contributed by atoms with E-state index in [0.29, 0.717) is 18.3 Å². The standard InChI is InChI=1S/C12H20O3/c1-8-5-9(2)7-12(6-8)4-3-10(15-12)11(13)14/h8-10H,3-7H2,1-2H3,(H,13,14). The number of carboxylic acid groups (broad SMARTS) is 1. The molecular weight excluding hydrogens is 192 g/mol. The monoisotopic (exact) mass is 212 g/mol. The second-order valence-electron chi connectivity index (χ2n) is 5.52. The molecule has 1 heterocycles. The second-order valence-corrected chi connectivity index (χ2v) is 5.52. The topological polar surface area (TPSA) is 46.5 Å². The third-order valence-corrected chi connectivity index (χ3v) is 3.78. The van der Waals surface area contributed by atoms with Gasteiger partial charge in [0.2, 0.25) is 0 Å². The van der Waals surface area contributed by atoms with Gasteiger partial charge in [-0.2, -0.15) is 0 Å². The van der Waals surface area contributed by atoms with Crippen LogP contribution in [0.25, 0.3) is 0 Å². The van der Waals surface area contributed by atoms with Gasteiger partial charge in [0.15, 0.2) is 6.10 Å². The van der Waals surface area contributed by atoms with E-state index in [4.69, 9.17) is 9.84 Å². The number of hydrogen-bond donors (Lipinski definition) is 1. The van der Waals surface area contributed by atoms with Crippen LogP contribution in [0.5, 0.6) is 0 Å². The van der Waals surface area contributed by atoms with Crippen LogP contribution in [-0.2, 0) is 9.53 Å². The summed E-state index contributed by atoms with van der Waals surface area (Å²) in [7, 11) is 0. The lowest BCUT2D eigenvalue weighted by molar-refractivity contribution is -0.158. The zero-order valence-electron chi connectivity index (χ0n) is 9.53. The van der Waals surface area contributed by atoms with Crippen molar-refractivity contribution < 1.29 is 14.6 Å². The predicted molar refractivity (Wildman–Crippen MR) is 56.7 cm³/mol. The van der Waals surface area contributed by atoms with Gasteiger partial charge in [0.05, 0.1) is 5.60 Å². The molecule has 3 atom stereocenters. The molecule has 1 aliphatic carbocycles. The highest BCUT2D eigenvalue weighted by atomic mass is 16.5. The molecular formula is C12H20O3. The van der Waals surface area contributed by atoms with Crippen molar-refractivity contribution in [3.8, 4) is 0 Å². The third-order valence-electron chi connectivity index (χ3n) is 3.78. The molecule has 1 saturated carbocycles. The molecule has 1 aliphatic heterocycles. The molecule has 0 aromatic carbocycles. The first kappa shape index (κ1) is 10.9. The smallest absolute Gasteiger partial charge is 0.332 e. The molecule has 3 heteroatoms. The molecule has 15 heavy (non-hydrogen) atoms. The number of ether oxygens (including phenoxy) is 1. The Morgan fingerprint density at radius 2 is 1.93 bits per heavy atom. The van der Waals surface area contributed by atoms with Crippen LogP contribution in [-0.4, -0.2) is 22.8 Å². The minimum Gasteiger partial charge on any atom is -0.479 e. The molecule has 3 nitrogen and oxygen atoms in total. The van der Waals surface area contributed by atoms with Crippen LogP contribution < -0.4 is 0 Å². The Morgan fingerprint density at radius 1 is 1.33 bits per heavy atom. The van der Waals surface area contributed by atoms with Crippen molar-refractivity contribution in [2.24, 2.45) is 11.8 Å². The van der Waals surface area contributed by atoms with Crippen LogP contribution in [0, 0.1) is 11.8 Å². The summed E-state index contributed by atoms with van der Waals surface area (Å²) in [6.45, 7) is 4.49. The normalized spacial score (nSPS) is 45.9. The average molecular weight is 212 g/mol. The first-order valence-electron chi connectivity index (χ1n) is 5.91. The number of rotatable bonds is 1. The first-order chi connectivity index (χ1) is 7.01. The molecule has 1 saturated heterocycles. The molecule has 3 unspecified atom stereocenters. The first-order valence-corrected chi connectivity index (χ1v) is 5.91. The van der Waals surface area contributed by atoms with Crippen molar-refractivity contribution in [1.82, 2.24) is 0 Å². The Balaban J connectivity index is 2.05. The van der Waals surface area contributed by atoms with E-state index in [1.54, 1.807) is 0 Å². The van der Waals surface area contributed by atoms with E-state index < -0.39 is 12.1 Å². The zero-order valence-corrected chi connectivity index (χ0v) is 9.53. The fourth-order valence-electron chi connectivity index (χ4n) is 3.50. The van der Waals surface area contributed by atoms with Gasteiger partial charge in [-0.25, -0.2) is 4.79 Å². The highest BCUT2D eigenvalue weighted by Crippen LogP contribution is 2.45. The molecule has 0 bridgehead atoms. The summed E-state index contributed by atoms with van der Waals surface area (Å²) in [6.07, 6.45) is 4.40. The average Bonchev–Trinajstić information content (AvgIpc) is 2.46. The Morgan fingerprint density at radius 3 is 2.40 bits per heavy atom. The van der Waals surface area contributed by atoms with Gasteiger partial charge in [0, 0.05) is 0 Å². The van der Waals surface area contributed by atoms with Gasteiger partial charge >= 0.3 is 5.97 Å². The lowest BCUT2D eigenvalue weighted by Gasteiger charge is -2.39. The fraction of sp³-hybridized carbons (Fsp3) is 0.917. The van der Waals surface area contributed by atoms with Crippen LogP contribution in [0.15, 0.2) is 0 Å².